The van der Waals surface area contributed by atoms with Gasteiger partial charge in [-0.25, -0.2) is 4.98 Å². The molecule has 1 atom stereocenters. The third kappa shape index (κ3) is 2.11. The molecule has 92 valence electrons. The molecule has 0 saturated heterocycles. The van der Waals surface area contributed by atoms with Crippen molar-refractivity contribution < 1.29 is 10.2 Å². The van der Waals surface area contributed by atoms with Gasteiger partial charge in [0.1, 0.15) is 4.83 Å². The van der Waals surface area contributed by atoms with Gasteiger partial charge in [0, 0.05) is 4.88 Å². The zero-order chi connectivity index (χ0) is 12.6. The Kier molecular flexibility index (Phi) is 3.28. The van der Waals surface area contributed by atoms with Crippen molar-refractivity contribution in [2.75, 3.05) is 6.61 Å². The molecule has 2 aromatic rings. The number of fused-ring (bicyclic) bond motifs is 1. The Morgan fingerprint density at radius 3 is 2.88 bits per heavy atom. The Bertz CT molecular complexity index is 603. The van der Waals surface area contributed by atoms with E-state index in [0.717, 1.165) is 15.3 Å². The normalized spacial score (nSPS) is 13.2. The summed E-state index contributed by atoms with van der Waals surface area (Å²) in [6.45, 7) is 3.54. The number of hydrogen-bond donors (Lipinski definition) is 2. The molecule has 2 heterocycles. The Hall–Kier alpha value is -1.24. The lowest BCUT2D eigenvalue weighted by atomic mass is 10.2. The summed E-state index contributed by atoms with van der Waals surface area (Å²) in [7, 11) is 0. The Morgan fingerprint density at radius 1 is 1.53 bits per heavy atom. The quantitative estimate of drug-likeness (QED) is 0.833. The third-order valence-corrected chi connectivity index (χ3v) is 3.89. The number of thiophene rings is 1. The van der Waals surface area contributed by atoms with Crippen LogP contribution < -0.4 is 5.56 Å². The van der Waals surface area contributed by atoms with Gasteiger partial charge in [-0.2, -0.15) is 0 Å². The zero-order valence-corrected chi connectivity index (χ0v) is 10.5. The number of aliphatic hydroxyl groups is 2. The standard InChI is InChI=1S/C11H14N2O3S/c1-6-7(2)17-10-9(6)11(16)13(5-12-10)3-8(15)4-14/h5,8,14-15H,3-4H2,1-2H3/t8-/m0/s1. The summed E-state index contributed by atoms with van der Waals surface area (Å²) in [4.78, 5) is 18.1. The van der Waals surface area contributed by atoms with E-state index in [0.29, 0.717) is 5.39 Å². The van der Waals surface area contributed by atoms with Crippen LogP contribution in [0.2, 0.25) is 0 Å². The minimum atomic E-state index is -0.938. The first kappa shape index (κ1) is 12.2. The van der Waals surface area contributed by atoms with Crippen molar-refractivity contribution in [3.8, 4) is 0 Å². The zero-order valence-electron chi connectivity index (χ0n) is 9.67. The van der Waals surface area contributed by atoms with Gasteiger partial charge in [-0.05, 0) is 19.4 Å². The number of rotatable bonds is 3. The molecule has 2 rings (SSSR count). The maximum Gasteiger partial charge on any atom is 0.262 e. The van der Waals surface area contributed by atoms with Crippen molar-refractivity contribution in [1.82, 2.24) is 9.55 Å². The van der Waals surface area contributed by atoms with Crippen molar-refractivity contribution in [2.24, 2.45) is 0 Å². The fourth-order valence-electron chi connectivity index (χ4n) is 1.68. The van der Waals surface area contributed by atoms with Crippen molar-refractivity contribution in [2.45, 2.75) is 26.5 Å². The molecule has 0 spiro atoms. The molecule has 17 heavy (non-hydrogen) atoms. The van der Waals surface area contributed by atoms with Gasteiger partial charge < -0.3 is 10.2 Å². The van der Waals surface area contributed by atoms with Crippen molar-refractivity contribution in [3.63, 3.8) is 0 Å². The van der Waals surface area contributed by atoms with Crippen LogP contribution in [-0.4, -0.2) is 32.5 Å². The first-order valence-electron chi connectivity index (χ1n) is 5.28. The van der Waals surface area contributed by atoms with Gasteiger partial charge in [0.25, 0.3) is 5.56 Å². The van der Waals surface area contributed by atoms with E-state index < -0.39 is 6.10 Å². The third-order valence-electron chi connectivity index (χ3n) is 2.77. The fraction of sp³-hybridized carbons (Fsp3) is 0.455. The van der Waals surface area contributed by atoms with Gasteiger partial charge in [0.15, 0.2) is 0 Å². The van der Waals surface area contributed by atoms with E-state index >= 15 is 0 Å². The van der Waals surface area contributed by atoms with Gasteiger partial charge in [-0.3, -0.25) is 9.36 Å². The van der Waals surface area contributed by atoms with Crippen LogP contribution in [0.4, 0.5) is 0 Å². The van der Waals surface area contributed by atoms with E-state index in [4.69, 9.17) is 5.11 Å². The highest BCUT2D eigenvalue weighted by Gasteiger charge is 2.13. The summed E-state index contributed by atoms with van der Waals surface area (Å²) in [6, 6.07) is 0. The van der Waals surface area contributed by atoms with E-state index in [1.807, 2.05) is 13.8 Å². The van der Waals surface area contributed by atoms with Crippen LogP contribution in [0.3, 0.4) is 0 Å². The van der Waals surface area contributed by atoms with Crippen LogP contribution in [0, 0.1) is 13.8 Å². The van der Waals surface area contributed by atoms with Crippen LogP contribution in [0.15, 0.2) is 11.1 Å². The van der Waals surface area contributed by atoms with E-state index in [2.05, 4.69) is 4.98 Å². The van der Waals surface area contributed by atoms with E-state index in [1.54, 1.807) is 0 Å². The molecule has 2 N–H and O–H groups in total. The molecule has 0 aromatic carbocycles. The molecule has 0 unspecified atom stereocenters. The topological polar surface area (TPSA) is 75.3 Å². The van der Waals surface area contributed by atoms with Crippen molar-refractivity contribution >= 4 is 21.6 Å². The monoisotopic (exact) mass is 254 g/mol. The number of aryl methyl sites for hydroxylation is 2. The summed E-state index contributed by atoms with van der Waals surface area (Å²) >= 11 is 1.49. The summed E-state index contributed by atoms with van der Waals surface area (Å²) < 4.78 is 1.34. The minimum Gasteiger partial charge on any atom is -0.394 e. The molecular weight excluding hydrogens is 240 g/mol. The van der Waals surface area contributed by atoms with Gasteiger partial charge in [-0.1, -0.05) is 0 Å². The minimum absolute atomic E-state index is 0.0621. The van der Waals surface area contributed by atoms with Crippen LogP contribution in [0.5, 0.6) is 0 Å². The molecule has 6 heteroatoms. The van der Waals surface area contributed by atoms with E-state index in [9.17, 15) is 9.90 Å². The van der Waals surface area contributed by atoms with Gasteiger partial charge in [-0.15, -0.1) is 11.3 Å². The molecule has 0 aliphatic carbocycles. The van der Waals surface area contributed by atoms with Gasteiger partial charge in [0.2, 0.25) is 0 Å². The van der Waals surface area contributed by atoms with E-state index in [1.165, 1.54) is 22.2 Å². The molecule has 0 amide bonds. The molecule has 0 aliphatic heterocycles. The summed E-state index contributed by atoms with van der Waals surface area (Å²) in [5.74, 6) is 0. The van der Waals surface area contributed by atoms with E-state index in [-0.39, 0.29) is 18.7 Å². The predicted molar refractivity (Wildman–Crippen MR) is 66.4 cm³/mol. The predicted octanol–water partition coefficient (Wildman–Crippen LogP) is 0.428. The molecule has 0 radical (unpaired) electrons. The largest absolute Gasteiger partial charge is 0.394 e. The Morgan fingerprint density at radius 2 is 2.24 bits per heavy atom. The molecule has 5 nitrogen and oxygen atoms in total. The first-order valence-corrected chi connectivity index (χ1v) is 6.10. The second-order valence-corrected chi connectivity index (χ2v) is 5.21. The van der Waals surface area contributed by atoms with Gasteiger partial charge >= 0.3 is 0 Å². The Balaban J connectivity index is 2.57. The first-order chi connectivity index (χ1) is 8.04. The molecule has 0 fully saturated rings. The van der Waals surface area contributed by atoms with Crippen LogP contribution in [0.1, 0.15) is 10.4 Å². The molecule has 2 aromatic heterocycles. The molecular formula is C11H14N2O3S. The molecule has 0 saturated carbocycles. The number of hydrogen-bond acceptors (Lipinski definition) is 5. The highest BCUT2D eigenvalue weighted by Crippen LogP contribution is 2.25. The summed E-state index contributed by atoms with van der Waals surface area (Å²) in [5, 5.41) is 18.7. The lowest BCUT2D eigenvalue weighted by Gasteiger charge is -2.09. The van der Waals surface area contributed by atoms with Crippen molar-refractivity contribution in [3.05, 3.63) is 27.1 Å². The van der Waals surface area contributed by atoms with Crippen LogP contribution in [-0.2, 0) is 6.54 Å². The SMILES string of the molecule is Cc1sc2ncn(C[C@H](O)CO)c(=O)c2c1C. The molecule has 0 bridgehead atoms. The van der Waals surface area contributed by atoms with Crippen LogP contribution >= 0.6 is 11.3 Å². The smallest absolute Gasteiger partial charge is 0.262 e. The average Bonchev–Trinajstić information content (AvgIpc) is 2.59. The maximum absolute atomic E-state index is 12.2. The average molecular weight is 254 g/mol. The highest BCUT2D eigenvalue weighted by molar-refractivity contribution is 7.18. The van der Waals surface area contributed by atoms with Gasteiger partial charge in [0.05, 0.1) is 31.0 Å². The lowest BCUT2D eigenvalue weighted by molar-refractivity contribution is 0.0803. The lowest BCUT2D eigenvalue weighted by Crippen LogP contribution is -2.28. The number of nitrogens with zero attached hydrogens (tertiary/aromatic N) is 2. The molecule has 0 aliphatic rings. The Labute approximate surface area is 102 Å². The fourth-order valence-corrected chi connectivity index (χ4v) is 2.67. The second kappa shape index (κ2) is 4.56. The maximum atomic E-state index is 12.2. The summed E-state index contributed by atoms with van der Waals surface area (Å²) in [5.41, 5.74) is 0.777. The van der Waals surface area contributed by atoms with Crippen molar-refractivity contribution in [1.29, 1.82) is 0 Å². The number of aliphatic hydroxyl groups excluding tert-OH is 2. The second-order valence-electron chi connectivity index (χ2n) is 4.00. The van der Waals surface area contributed by atoms with Crippen LogP contribution in [0.25, 0.3) is 10.2 Å². The summed E-state index contributed by atoms with van der Waals surface area (Å²) in [6.07, 6.45) is 0.478. The highest BCUT2D eigenvalue weighted by atomic mass is 32.1. The number of aromatic nitrogens is 2.